The second kappa shape index (κ2) is 8.09. The molecule has 9 heteroatoms. The second-order valence-electron chi connectivity index (χ2n) is 5.58. The topological polar surface area (TPSA) is 129 Å². The lowest BCUT2D eigenvalue weighted by molar-refractivity contribution is -0.120. The molecule has 0 atom stereocenters. The van der Waals surface area contributed by atoms with Crippen molar-refractivity contribution in [3.63, 3.8) is 0 Å². The third kappa shape index (κ3) is 4.66. The highest BCUT2D eigenvalue weighted by atomic mass is 16.6. The lowest BCUT2D eigenvalue weighted by atomic mass is 10.2. The molecular weight excluding hydrogens is 354 g/mol. The highest BCUT2D eigenvalue weighted by Crippen LogP contribution is 2.30. The van der Waals surface area contributed by atoms with Crippen molar-refractivity contribution in [2.24, 2.45) is 5.10 Å². The number of nitrogens with one attached hydrogen (secondary N) is 2. The molecule has 2 aromatic rings. The molecule has 0 saturated heterocycles. The molecule has 0 fully saturated rings. The van der Waals surface area contributed by atoms with Crippen LogP contribution in [-0.2, 0) is 4.79 Å². The van der Waals surface area contributed by atoms with Gasteiger partial charge in [0.15, 0.2) is 11.5 Å². The molecule has 0 aromatic heterocycles. The third-order valence-corrected chi connectivity index (χ3v) is 3.62. The standard InChI is InChI=1S/C18H17N3O6/c22-13-3-1-12(14(23)8-13)9-20-21-17(24)10-19-18(25)11-2-4-15-16(7-11)27-6-5-26-15/h1-4,7-9,22-23H,5-6,10H2,(H,19,25)(H,21,24)/b20-9+. The van der Waals surface area contributed by atoms with Crippen molar-refractivity contribution in [3.8, 4) is 23.0 Å². The van der Waals surface area contributed by atoms with Crippen LogP contribution in [0.2, 0.25) is 0 Å². The predicted octanol–water partition coefficient (Wildman–Crippen LogP) is 0.749. The Balaban J connectivity index is 1.50. The Morgan fingerprint density at radius 1 is 1.07 bits per heavy atom. The van der Waals surface area contributed by atoms with E-state index in [1.807, 2.05) is 0 Å². The van der Waals surface area contributed by atoms with Crippen molar-refractivity contribution < 1.29 is 29.3 Å². The van der Waals surface area contributed by atoms with Crippen LogP contribution in [-0.4, -0.2) is 48.0 Å². The summed E-state index contributed by atoms with van der Waals surface area (Å²) in [5.74, 6) is -0.202. The Labute approximate surface area is 154 Å². The van der Waals surface area contributed by atoms with Gasteiger partial charge < -0.3 is 25.0 Å². The van der Waals surface area contributed by atoms with Gasteiger partial charge in [0, 0.05) is 17.2 Å². The minimum Gasteiger partial charge on any atom is -0.508 e. The van der Waals surface area contributed by atoms with Crippen molar-refractivity contribution >= 4 is 18.0 Å². The molecule has 1 aliphatic rings. The number of ether oxygens (including phenoxy) is 2. The lowest BCUT2D eigenvalue weighted by Crippen LogP contribution is -2.35. The predicted molar refractivity (Wildman–Crippen MR) is 95.3 cm³/mol. The number of amides is 2. The molecule has 1 heterocycles. The summed E-state index contributed by atoms with van der Waals surface area (Å²) in [4.78, 5) is 23.9. The summed E-state index contributed by atoms with van der Waals surface area (Å²) in [5, 5.41) is 25.0. The molecule has 4 N–H and O–H groups in total. The minimum atomic E-state index is -0.546. The van der Waals surface area contributed by atoms with Gasteiger partial charge in [-0.2, -0.15) is 5.10 Å². The molecule has 0 radical (unpaired) electrons. The zero-order valence-electron chi connectivity index (χ0n) is 14.1. The van der Waals surface area contributed by atoms with Gasteiger partial charge in [0.05, 0.1) is 12.8 Å². The van der Waals surface area contributed by atoms with E-state index in [-0.39, 0.29) is 18.0 Å². The first-order valence-corrected chi connectivity index (χ1v) is 8.04. The molecule has 27 heavy (non-hydrogen) atoms. The fourth-order valence-electron chi connectivity index (χ4n) is 2.30. The lowest BCUT2D eigenvalue weighted by Gasteiger charge is -2.18. The van der Waals surface area contributed by atoms with E-state index in [0.717, 1.165) is 6.07 Å². The van der Waals surface area contributed by atoms with E-state index < -0.39 is 11.8 Å². The number of fused-ring (bicyclic) bond motifs is 1. The number of hydrazone groups is 1. The largest absolute Gasteiger partial charge is 0.508 e. The molecule has 2 aromatic carbocycles. The Kier molecular flexibility index (Phi) is 5.41. The van der Waals surface area contributed by atoms with Crippen LogP contribution < -0.4 is 20.2 Å². The smallest absolute Gasteiger partial charge is 0.259 e. The van der Waals surface area contributed by atoms with Gasteiger partial charge in [-0.3, -0.25) is 9.59 Å². The molecule has 9 nitrogen and oxygen atoms in total. The maximum absolute atomic E-state index is 12.1. The van der Waals surface area contributed by atoms with Crippen molar-refractivity contribution in [3.05, 3.63) is 47.5 Å². The maximum atomic E-state index is 12.1. The van der Waals surface area contributed by atoms with Crippen LogP contribution in [0.25, 0.3) is 0 Å². The number of aromatic hydroxyl groups is 2. The number of hydrogen-bond donors (Lipinski definition) is 4. The first-order chi connectivity index (χ1) is 13.0. The average Bonchev–Trinajstić information content (AvgIpc) is 2.67. The van der Waals surface area contributed by atoms with Gasteiger partial charge in [0.2, 0.25) is 0 Å². The summed E-state index contributed by atoms with van der Waals surface area (Å²) >= 11 is 0. The Morgan fingerprint density at radius 3 is 2.63 bits per heavy atom. The number of phenols is 2. The molecule has 2 amide bonds. The highest BCUT2D eigenvalue weighted by Gasteiger charge is 2.15. The van der Waals surface area contributed by atoms with E-state index in [2.05, 4.69) is 15.8 Å². The number of nitrogens with zero attached hydrogens (tertiary/aromatic N) is 1. The summed E-state index contributed by atoms with van der Waals surface area (Å²) in [7, 11) is 0. The molecule has 140 valence electrons. The van der Waals surface area contributed by atoms with E-state index >= 15 is 0 Å². The summed E-state index contributed by atoms with van der Waals surface area (Å²) < 4.78 is 10.8. The van der Waals surface area contributed by atoms with Crippen LogP contribution >= 0.6 is 0 Å². The zero-order chi connectivity index (χ0) is 19.2. The zero-order valence-corrected chi connectivity index (χ0v) is 14.1. The van der Waals surface area contributed by atoms with Gasteiger partial charge in [0.1, 0.15) is 24.7 Å². The Hall–Kier alpha value is -3.75. The SMILES string of the molecule is O=C(CNC(=O)c1ccc2c(c1)OCCO2)N/N=C/c1ccc(O)cc1O. The molecular formula is C18H17N3O6. The fourth-order valence-corrected chi connectivity index (χ4v) is 2.30. The first kappa shape index (κ1) is 18.1. The van der Waals surface area contributed by atoms with Gasteiger partial charge >= 0.3 is 0 Å². The number of phenolic OH excluding ortho intramolecular Hbond substituents is 2. The number of hydrogen-bond acceptors (Lipinski definition) is 7. The minimum absolute atomic E-state index is 0.0875. The van der Waals surface area contributed by atoms with Gasteiger partial charge in [-0.05, 0) is 30.3 Å². The Bertz CT molecular complexity index is 897. The van der Waals surface area contributed by atoms with Crippen LogP contribution in [0.5, 0.6) is 23.0 Å². The molecule has 0 unspecified atom stereocenters. The second-order valence-corrected chi connectivity index (χ2v) is 5.58. The molecule has 0 aliphatic carbocycles. The first-order valence-electron chi connectivity index (χ1n) is 8.04. The van der Waals surface area contributed by atoms with E-state index in [1.54, 1.807) is 18.2 Å². The number of rotatable bonds is 5. The van der Waals surface area contributed by atoms with E-state index in [1.165, 1.54) is 18.3 Å². The van der Waals surface area contributed by atoms with Gasteiger partial charge in [-0.25, -0.2) is 5.43 Å². The normalized spacial score (nSPS) is 12.6. The maximum Gasteiger partial charge on any atom is 0.259 e. The molecule has 0 saturated carbocycles. The van der Waals surface area contributed by atoms with Crippen LogP contribution in [0.3, 0.4) is 0 Å². The number of carbonyl (C=O) groups excluding carboxylic acids is 2. The van der Waals surface area contributed by atoms with Crippen molar-refractivity contribution in [2.75, 3.05) is 19.8 Å². The highest BCUT2D eigenvalue weighted by molar-refractivity contribution is 5.97. The molecule has 0 bridgehead atoms. The van der Waals surface area contributed by atoms with Crippen LogP contribution in [0.1, 0.15) is 15.9 Å². The monoisotopic (exact) mass is 371 g/mol. The van der Waals surface area contributed by atoms with Crippen molar-refractivity contribution in [1.82, 2.24) is 10.7 Å². The summed E-state index contributed by atoms with van der Waals surface area (Å²) in [6, 6.07) is 8.72. The summed E-state index contributed by atoms with van der Waals surface area (Å²) in [6.45, 7) is 0.586. The number of benzene rings is 2. The van der Waals surface area contributed by atoms with Crippen LogP contribution in [0, 0.1) is 0 Å². The van der Waals surface area contributed by atoms with Crippen LogP contribution in [0.4, 0.5) is 0 Å². The third-order valence-electron chi connectivity index (χ3n) is 3.62. The molecule has 3 rings (SSSR count). The van der Waals surface area contributed by atoms with E-state index in [4.69, 9.17) is 9.47 Å². The van der Waals surface area contributed by atoms with Crippen molar-refractivity contribution in [2.45, 2.75) is 0 Å². The fraction of sp³-hybridized carbons (Fsp3) is 0.167. The summed E-state index contributed by atoms with van der Waals surface area (Å²) in [6.07, 6.45) is 1.22. The van der Waals surface area contributed by atoms with Gasteiger partial charge in [-0.1, -0.05) is 0 Å². The van der Waals surface area contributed by atoms with E-state index in [9.17, 15) is 19.8 Å². The molecule has 1 aliphatic heterocycles. The van der Waals surface area contributed by atoms with Gasteiger partial charge in [0.25, 0.3) is 11.8 Å². The van der Waals surface area contributed by atoms with Crippen molar-refractivity contribution in [1.29, 1.82) is 0 Å². The Morgan fingerprint density at radius 2 is 1.85 bits per heavy atom. The quantitative estimate of drug-likeness (QED) is 0.453. The average molecular weight is 371 g/mol. The van der Waals surface area contributed by atoms with E-state index in [0.29, 0.717) is 35.8 Å². The van der Waals surface area contributed by atoms with Gasteiger partial charge in [-0.15, -0.1) is 0 Å². The molecule has 0 spiro atoms. The van der Waals surface area contributed by atoms with Crippen LogP contribution in [0.15, 0.2) is 41.5 Å². The summed E-state index contributed by atoms with van der Waals surface area (Å²) in [5.41, 5.74) is 2.88. The number of carbonyl (C=O) groups is 2.